The second-order valence-corrected chi connectivity index (χ2v) is 4.63. The maximum absolute atomic E-state index is 5.99. The maximum Gasteiger partial charge on any atom is 0.129 e. The van der Waals surface area contributed by atoms with E-state index >= 15 is 0 Å². The Morgan fingerprint density at radius 2 is 2.17 bits per heavy atom. The fourth-order valence-electron chi connectivity index (χ4n) is 2.14. The minimum Gasteiger partial charge on any atom is -0.292 e. The second-order valence-electron chi connectivity index (χ2n) is 4.36. The van der Waals surface area contributed by atoms with Gasteiger partial charge in [0, 0.05) is 13.2 Å². The molecule has 0 unspecified atom stereocenters. The minimum absolute atomic E-state index is 0.378. The number of hydrogen-bond acceptors (Lipinski definition) is 2. The molecule has 3 aromatic rings. The zero-order chi connectivity index (χ0) is 12.7. The molecule has 1 aromatic carbocycles. The molecule has 0 atom stereocenters. The highest BCUT2D eigenvalue weighted by atomic mass is 35.5. The summed E-state index contributed by atoms with van der Waals surface area (Å²) in [5.74, 6) is 1.22. The van der Waals surface area contributed by atoms with E-state index in [0.29, 0.717) is 5.88 Å². The van der Waals surface area contributed by atoms with Gasteiger partial charge < -0.3 is 0 Å². The molecule has 0 aliphatic carbocycles. The Hall–Kier alpha value is -1.81. The van der Waals surface area contributed by atoms with E-state index in [9.17, 15) is 0 Å². The van der Waals surface area contributed by atoms with Crippen LogP contribution in [0.2, 0.25) is 0 Å². The Bertz CT molecular complexity index is 711. The van der Waals surface area contributed by atoms with Gasteiger partial charge in [-0.1, -0.05) is 6.07 Å². The van der Waals surface area contributed by atoms with Crippen molar-refractivity contribution in [2.45, 2.75) is 12.8 Å². The normalized spacial score (nSPS) is 11.3. The first kappa shape index (κ1) is 11.3. The average molecular weight is 261 g/mol. The van der Waals surface area contributed by atoms with E-state index in [1.807, 2.05) is 19.4 Å². The smallest absolute Gasteiger partial charge is 0.129 e. The molecular formula is C13H13ClN4. The van der Waals surface area contributed by atoms with E-state index in [4.69, 9.17) is 11.6 Å². The van der Waals surface area contributed by atoms with Crippen LogP contribution in [0, 0.1) is 6.92 Å². The van der Waals surface area contributed by atoms with Crippen LogP contribution in [0.25, 0.3) is 16.7 Å². The van der Waals surface area contributed by atoms with E-state index in [2.05, 4.69) is 39.8 Å². The molecule has 0 N–H and O–H groups in total. The third kappa shape index (κ3) is 1.69. The van der Waals surface area contributed by atoms with Gasteiger partial charge in [0.1, 0.15) is 5.82 Å². The number of hydrogen-bond donors (Lipinski definition) is 0. The highest BCUT2D eigenvalue weighted by Gasteiger charge is 2.12. The molecule has 18 heavy (non-hydrogen) atoms. The van der Waals surface area contributed by atoms with Crippen LogP contribution in [0.15, 0.2) is 30.6 Å². The number of halogens is 1. The van der Waals surface area contributed by atoms with Crippen molar-refractivity contribution in [3.05, 3.63) is 42.0 Å². The molecule has 0 spiro atoms. The van der Waals surface area contributed by atoms with E-state index in [1.54, 1.807) is 4.68 Å². The maximum atomic E-state index is 5.99. The zero-order valence-corrected chi connectivity index (χ0v) is 11.0. The third-order valence-corrected chi connectivity index (χ3v) is 3.19. The third-order valence-electron chi connectivity index (χ3n) is 2.95. The van der Waals surface area contributed by atoms with E-state index < -0.39 is 0 Å². The highest BCUT2D eigenvalue weighted by Crippen LogP contribution is 2.23. The number of fused-ring (bicyclic) bond motifs is 1. The zero-order valence-electron chi connectivity index (χ0n) is 10.3. The van der Waals surface area contributed by atoms with Crippen LogP contribution >= 0.6 is 11.6 Å². The lowest BCUT2D eigenvalue weighted by molar-refractivity contribution is 0.767. The van der Waals surface area contributed by atoms with Crippen LogP contribution in [0.4, 0.5) is 0 Å². The number of imidazole rings is 1. The average Bonchev–Trinajstić information content (AvgIpc) is 2.91. The fourth-order valence-corrected chi connectivity index (χ4v) is 2.32. The van der Waals surface area contributed by atoms with Crippen molar-refractivity contribution in [2.24, 2.45) is 7.05 Å². The van der Waals surface area contributed by atoms with E-state index in [1.165, 1.54) is 5.56 Å². The van der Waals surface area contributed by atoms with Crippen LogP contribution in [0.1, 0.15) is 11.4 Å². The van der Waals surface area contributed by atoms with Gasteiger partial charge in [-0.3, -0.25) is 9.25 Å². The van der Waals surface area contributed by atoms with Crippen molar-refractivity contribution in [1.29, 1.82) is 0 Å². The Morgan fingerprint density at radius 1 is 1.33 bits per heavy atom. The summed E-state index contributed by atoms with van der Waals surface area (Å²) in [5, 5.41) is 4.20. The quantitative estimate of drug-likeness (QED) is 0.664. The number of benzene rings is 1. The molecule has 2 aromatic heterocycles. The highest BCUT2D eigenvalue weighted by molar-refractivity contribution is 6.17. The molecule has 2 heterocycles. The molecule has 4 nitrogen and oxygen atoms in total. The van der Waals surface area contributed by atoms with E-state index in [-0.39, 0.29) is 0 Å². The summed E-state index contributed by atoms with van der Waals surface area (Å²) in [6.07, 6.45) is 3.77. The van der Waals surface area contributed by atoms with Gasteiger partial charge in [0.15, 0.2) is 0 Å². The predicted molar refractivity (Wildman–Crippen MR) is 72.1 cm³/mol. The summed E-state index contributed by atoms with van der Waals surface area (Å²) in [5.41, 5.74) is 4.21. The number of nitrogens with zero attached hydrogens (tertiary/aromatic N) is 4. The molecule has 0 aliphatic heterocycles. The van der Waals surface area contributed by atoms with E-state index in [0.717, 1.165) is 22.5 Å². The molecule has 0 bridgehead atoms. The van der Waals surface area contributed by atoms with Gasteiger partial charge in [-0.15, -0.1) is 11.6 Å². The lowest BCUT2D eigenvalue weighted by Crippen LogP contribution is -1.97. The summed E-state index contributed by atoms with van der Waals surface area (Å²) >= 11 is 5.99. The number of alkyl halides is 1. The van der Waals surface area contributed by atoms with Crippen LogP contribution in [0.3, 0.4) is 0 Å². The second kappa shape index (κ2) is 4.14. The Morgan fingerprint density at radius 3 is 2.83 bits per heavy atom. The van der Waals surface area contributed by atoms with Crippen molar-refractivity contribution >= 4 is 22.6 Å². The lowest BCUT2D eigenvalue weighted by atomic mass is 10.2. The van der Waals surface area contributed by atoms with Gasteiger partial charge in [0.05, 0.1) is 28.8 Å². The fraction of sp³-hybridized carbons (Fsp3) is 0.231. The topological polar surface area (TPSA) is 35.6 Å². The Kier molecular flexibility index (Phi) is 2.59. The SMILES string of the molecule is Cc1ccc2c(c1)nc(CCl)n2-c1cnn(C)c1. The van der Waals surface area contributed by atoms with Gasteiger partial charge in [-0.2, -0.15) is 5.10 Å². The molecule has 0 fully saturated rings. The van der Waals surface area contributed by atoms with Crippen LogP contribution in [-0.2, 0) is 12.9 Å². The molecule has 92 valence electrons. The molecule has 0 saturated carbocycles. The number of aryl methyl sites for hydroxylation is 2. The molecule has 0 saturated heterocycles. The molecule has 0 aliphatic rings. The van der Waals surface area contributed by atoms with Crippen molar-refractivity contribution in [2.75, 3.05) is 0 Å². The van der Waals surface area contributed by atoms with Gasteiger partial charge >= 0.3 is 0 Å². The summed E-state index contributed by atoms with van der Waals surface area (Å²) in [6.45, 7) is 2.06. The first-order valence-corrected chi connectivity index (χ1v) is 6.25. The van der Waals surface area contributed by atoms with Crippen molar-refractivity contribution < 1.29 is 0 Å². The van der Waals surface area contributed by atoms with Crippen molar-refractivity contribution in [3.63, 3.8) is 0 Å². The molecule has 5 heteroatoms. The monoisotopic (exact) mass is 260 g/mol. The van der Waals surface area contributed by atoms with Crippen LogP contribution in [-0.4, -0.2) is 19.3 Å². The Balaban J connectivity index is 2.32. The predicted octanol–water partition coefficient (Wildman–Crippen LogP) is 2.81. The molecule has 0 radical (unpaired) electrons. The van der Waals surface area contributed by atoms with Crippen LogP contribution in [0.5, 0.6) is 0 Å². The summed E-state index contributed by atoms with van der Waals surface area (Å²) in [6, 6.07) is 6.22. The standard InChI is InChI=1S/C13H13ClN4/c1-9-3-4-12-11(5-9)16-13(6-14)18(12)10-7-15-17(2)8-10/h3-5,7-8H,6H2,1-2H3. The summed E-state index contributed by atoms with van der Waals surface area (Å²) in [7, 11) is 1.90. The minimum atomic E-state index is 0.378. The largest absolute Gasteiger partial charge is 0.292 e. The van der Waals surface area contributed by atoms with Crippen LogP contribution < -0.4 is 0 Å². The number of rotatable bonds is 2. The first-order chi connectivity index (χ1) is 8.69. The van der Waals surface area contributed by atoms with Gasteiger partial charge in [0.2, 0.25) is 0 Å². The molecule has 3 rings (SSSR count). The van der Waals surface area contributed by atoms with Crippen molar-refractivity contribution in [1.82, 2.24) is 19.3 Å². The van der Waals surface area contributed by atoms with Gasteiger partial charge in [0.25, 0.3) is 0 Å². The lowest BCUT2D eigenvalue weighted by Gasteiger charge is -2.03. The van der Waals surface area contributed by atoms with Gasteiger partial charge in [-0.05, 0) is 24.6 Å². The first-order valence-electron chi connectivity index (χ1n) is 5.72. The number of aromatic nitrogens is 4. The summed E-state index contributed by atoms with van der Waals surface area (Å²) < 4.78 is 3.82. The van der Waals surface area contributed by atoms with Crippen molar-refractivity contribution in [3.8, 4) is 5.69 Å². The Labute approximate surface area is 110 Å². The molecular weight excluding hydrogens is 248 g/mol. The molecule has 0 amide bonds. The van der Waals surface area contributed by atoms with Gasteiger partial charge in [-0.25, -0.2) is 4.98 Å². The summed E-state index contributed by atoms with van der Waals surface area (Å²) in [4.78, 5) is 4.57.